The highest BCUT2D eigenvalue weighted by Gasteiger charge is 2.09. The van der Waals surface area contributed by atoms with E-state index in [1.807, 2.05) is 6.92 Å². The number of carbonyl (C=O) groups is 1. The summed E-state index contributed by atoms with van der Waals surface area (Å²) in [6, 6.07) is 3.21. The molecule has 2 N–H and O–H groups in total. The van der Waals surface area contributed by atoms with Gasteiger partial charge in [0.25, 0.3) is 5.91 Å². The van der Waals surface area contributed by atoms with Crippen LogP contribution < -0.4 is 5.32 Å². The van der Waals surface area contributed by atoms with Crippen LogP contribution in [0.1, 0.15) is 30.6 Å². The van der Waals surface area contributed by atoms with Crippen LogP contribution in [0, 0.1) is 5.92 Å². The molecule has 2 atom stereocenters. The van der Waals surface area contributed by atoms with Crippen molar-refractivity contribution in [3.63, 3.8) is 0 Å². The van der Waals surface area contributed by atoms with Crippen LogP contribution in [0.2, 0.25) is 5.15 Å². The number of nitrogens with zero attached hydrogens (tertiary/aromatic N) is 1. The molecule has 0 aromatic carbocycles. The number of rotatable bonds is 5. The predicted molar refractivity (Wildman–Crippen MR) is 67.0 cm³/mol. The molecule has 2 unspecified atom stereocenters. The van der Waals surface area contributed by atoms with E-state index in [-0.39, 0.29) is 17.9 Å². The average molecular weight is 257 g/mol. The second kappa shape index (κ2) is 6.57. The van der Waals surface area contributed by atoms with Crippen LogP contribution in [0.25, 0.3) is 0 Å². The Hall–Kier alpha value is -1.13. The maximum atomic E-state index is 11.7. The lowest BCUT2D eigenvalue weighted by Crippen LogP contribution is -2.29. The highest BCUT2D eigenvalue weighted by atomic mass is 35.5. The first-order valence-electron chi connectivity index (χ1n) is 5.57. The number of hydrogen-bond acceptors (Lipinski definition) is 3. The smallest absolute Gasteiger partial charge is 0.252 e. The van der Waals surface area contributed by atoms with Gasteiger partial charge in [0, 0.05) is 12.7 Å². The molecule has 0 aliphatic rings. The minimum absolute atomic E-state index is 0.174. The van der Waals surface area contributed by atoms with Gasteiger partial charge in [-0.2, -0.15) is 0 Å². The average Bonchev–Trinajstić information content (AvgIpc) is 2.26. The molecular weight excluding hydrogens is 240 g/mol. The first kappa shape index (κ1) is 13.9. The van der Waals surface area contributed by atoms with E-state index in [0.717, 1.165) is 0 Å². The van der Waals surface area contributed by atoms with Gasteiger partial charge in [0.05, 0.1) is 11.7 Å². The molecule has 0 bridgehead atoms. The first-order chi connectivity index (χ1) is 7.99. The zero-order valence-corrected chi connectivity index (χ0v) is 10.7. The predicted octanol–water partition coefficient (Wildman–Crippen LogP) is 1.87. The summed E-state index contributed by atoms with van der Waals surface area (Å²) in [6.07, 6.45) is 1.76. The Bertz CT molecular complexity index is 365. The van der Waals surface area contributed by atoms with Crippen molar-refractivity contribution >= 4 is 17.5 Å². The molecule has 0 spiro atoms. The molecule has 1 aromatic rings. The third-order valence-corrected chi connectivity index (χ3v) is 2.57. The van der Waals surface area contributed by atoms with Gasteiger partial charge in [0.2, 0.25) is 0 Å². The molecule has 0 fully saturated rings. The van der Waals surface area contributed by atoms with Crippen LogP contribution in [0.5, 0.6) is 0 Å². The van der Waals surface area contributed by atoms with E-state index in [9.17, 15) is 9.90 Å². The minimum Gasteiger partial charge on any atom is -0.393 e. The second-order valence-corrected chi connectivity index (χ2v) is 4.66. The lowest BCUT2D eigenvalue weighted by molar-refractivity contribution is 0.0939. The maximum Gasteiger partial charge on any atom is 0.252 e. The summed E-state index contributed by atoms with van der Waals surface area (Å²) in [5.74, 6) is 0.0609. The van der Waals surface area contributed by atoms with Crippen molar-refractivity contribution in [2.75, 3.05) is 6.54 Å². The van der Waals surface area contributed by atoms with E-state index in [1.54, 1.807) is 19.1 Å². The third-order valence-electron chi connectivity index (χ3n) is 2.34. The normalized spacial score (nSPS) is 14.1. The minimum atomic E-state index is -0.348. The summed E-state index contributed by atoms with van der Waals surface area (Å²) in [7, 11) is 0. The summed E-state index contributed by atoms with van der Waals surface area (Å²) in [4.78, 5) is 15.5. The van der Waals surface area contributed by atoms with E-state index >= 15 is 0 Å². The molecule has 1 amide bonds. The lowest BCUT2D eigenvalue weighted by Gasteiger charge is -2.14. The molecule has 5 heteroatoms. The highest BCUT2D eigenvalue weighted by Crippen LogP contribution is 2.07. The van der Waals surface area contributed by atoms with E-state index in [4.69, 9.17) is 11.6 Å². The molecule has 0 saturated heterocycles. The van der Waals surface area contributed by atoms with Gasteiger partial charge in [-0.05, 0) is 31.4 Å². The van der Waals surface area contributed by atoms with Gasteiger partial charge in [-0.3, -0.25) is 4.79 Å². The molecule has 0 aliphatic carbocycles. The van der Waals surface area contributed by atoms with Gasteiger partial charge in [-0.1, -0.05) is 18.5 Å². The topological polar surface area (TPSA) is 62.2 Å². The summed E-state index contributed by atoms with van der Waals surface area (Å²) in [5.41, 5.74) is 0.485. The number of aliphatic hydroxyl groups is 1. The Labute approximate surface area is 106 Å². The molecule has 0 aliphatic heterocycles. The molecular formula is C12H17ClN2O2. The fourth-order valence-electron chi connectivity index (χ4n) is 1.54. The van der Waals surface area contributed by atoms with Gasteiger partial charge in [-0.15, -0.1) is 0 Å². The molecule has 1 heterocycles. The van der Waals surface area contributed by atoms with Crippen LogP contribution in [0.15, 0.2) is 18.3 Å². The molecule has 17 heavy (non-hydrogen) atoms. The Morgan fingerprint density at radius 1 is 1.53 bits per heavy atom. The van der Waals surface area contributed by atoms with Gasteiger partial charge in [0.15, 0.2) is 0 Å². The van der Waals surface area contributed by atoms with Crippen molar-refractivity contribution in [2.24, 2.45) is 5.92 Å². The number of pyridine rings is 1. The molecule has 94 valence electrons. The van der Waals surface area contributed by atoms with Crippen molar-refractivity contribution < 1.29 is 9.90 Å². The Kier molecular flexibility index (Phi) is 5.38. The SMILES string of the molecule is CC(O)CC(C)CNC(=O)c1ccc(Cl)nc1. The van der Waals surface area contributed by atoms with Gasteiger partial charge < -0.3 is 10.4 Å². The van der Waals surface area contributed by atoms with E-state index in [1.165, 1.54) is 6.20 Å². The number of carbonyl (C=O) groups excluding carboxylic acids is 1. The Morgan fingerprint density at radius 2 is 2.24 bits per heavy atom. The lowest BCUT2D eigenvalue weighted by atomic mass is 10.0. The molecule has 0 radical (unpaired) electrons. The van der Waals surface area contributed by atoms with Gasteiger partial charge >= 0.3 is 0 Å². The molecule has 0 saturated carbocycles. The number of aliphatic hydroxyl groups excluding tert-OH is 1. The first-order valence-corrected chi connectivity index (χ1v) is 5.94. The number of amides is 1. The van der Waals surface area contributed by atoms with E-state index in [0.29, 0.717) is 23.7 Å². The molecule has 1 aromatic heterocycles. The molecule has 4 nitrogen and oxygen atoms in total. The van der Waals surface area contributed by atoms with E-state index in [2.05, 4.69) is 10.3 Å². The summed E-state index contributed by atoms with van der Waals surface area (Å²) in [5, 5.41) is 12.4. The highest BCUT2D eigenvalue weighted by molar-refractivity contribution is 6.29. The van der Waals surface area contributed by atoms with Crippen LogP contribution in [0.3, 0.4) is 0 Å². The third kappa shape index (κ3) is 5.15. The quantitative estimate of drug-likeness (QED) is 0.791. The van der Waals surface area contributed by atoms with Crippen LogP contribution >= 0.6 is 11.6 Å². The Balaban J connectivity index is 2.42. The van der Waals surface area contributed by atoms with E-state index < -0.39 is 0 Å². The molecule has 1 rings (SSSR count). The van der Waals surface area contributed by atoms with Crippen molar-refractivity contribution in [1.82, 2.24) is 10.3 Å². The number of halogens is 1. The Morgan fingerprint density at radius 3 is 2.76 bits per heavy atom. The summed E-state index contributed by atoms with van der Waals surface area (Å²) in [6.45, 7) is 4.25. The van der Waals surface area contributed by atoms with Crippen LogP contribution in [0.4, 0.5) is 0 Å². The zero-order valence-electron chi connectivity index (χ0n) is 9.98. The van der Waals surface area contributed by atoms with Crippen molar-refractivity contribution in [3.8, 4) is 0 Å². The number of aromatic nitrogens is 1. The fourth-order valence-corrected chi connectivity index (χ4v) is 1.66. The van der Waals surface area contributed by atoms with Crippen LogP contribution in [-0.4, -0.2) is 28.6 Å². The number of nitrogens with one attached hydrogen (secondary N) is 1. The van der Waals surface area contributed by atoms with Crippen LogP contribution in [-0.2, 0) is 0 Å². The summed E-state index contributed by atoms with van der Waals surface area (Å²) >= 11 is 5.63. The largest absolute Gasteiger partial charge is 0.393 e. The fraction of sp³-hybridized carbons (Fsp3) is 0.500. The zero-order chi connectivity index (χ0) is 12.8. The number of hydrogen-bond donors (Lipinski definition) is 2. The second-order valence-electron chi connectivity index (χ2n) is 4.27. The standard InChI is InChI=1S/C12H17ClN2O2/c1-8(5-9(2)16)6-15-12(17)10-3-4-11(13)14-7-10/h3-4,7-9,16H,5-6H2,1-2H3,(H,15,17). The summed E-state index contributed by atoms with van der Waals surface area (Å²) < 4.78 is 0. The van der Waals surface area contributed by atoms with Gasteiger partial charge in [0.1, 0.15) is 5.15 Å². The maximum absolute atomic E-state index is 11.7. The van der Waals surface area contributed by atoms with Crippen molar-refractivity contribution in [3.05, 3.63) is 29.0 Å². The monoisotopic (exact) mass is 256 g/mol. The van der Waals surface area contributed by atoms with Gasteiger partial charge in [-0.25, -0.2) is 4.98 Å². The van der Waals surface area contributed by atoms with Crippen molar-refractivity contribution in [1.29, 1.82) is 0 Å². The van der Waals surface area contributed by atoms with Crippen molar-refractivity contribution in [2.45, 2.75) is 26.4 Å².